The van der Waals surface area contributed by atoms with Crippen LogP contribution in [0.1, 0.15) is 24.4 Å². The van der Waals surface area contributed by atoms with E-state index in [-0.39, 0.29) is 11.3 Å². The van der Waals surface area contributed by atoms with Gasteiger partial charge in [0.1, 0.15) is 16.5 Å². The van der Waals surface area contributed by atoms with Gasteiger partial charge in [-0.25, -0.2) is 17.2 Å². The fraction of sp³-hybridized carbons (Fsp3) is 0.400. The van der Waals surface area contributed by atoms with Gasteiger partial charge in [-0.3, -0.25) is 0 Å². The third-order valence-corrected chi connectivity index (χ3v) is 4.57. The minimum Gasteiger partial charge on any atom is -0.324 e. The molecule has 88 valence electrons. The van der Waals surface area contributed by atoms with Crippen LogP contribution >= 0.6 is 0 Å². The van der Waals surface area contributed by atoms with Crippen LogP contribution in [0.5, 0.6) is 0 Å². The number of fused-ring (bicyclic) bond motifs is 1. The fourth-order valence-corrected chi connectivity index (χ4v) is 3.65. The summed E-state index contributed by atoms with van der Waals surface area (Å²) in [4.78, 5) is -0.558. The molecule has 1 unspecified atom stereocenters. The van der Waals surface area contributed by atoms with Gasteiger partial charge in [0.25, 0.3) is 0 Å². The third kappa shape index (κ3) is 1.72. The maximum Gasteiger partial charge on any atom is 0.181 e. The molecule has 1 aliphatic heterocycles. The molecule has 0 radical (unpaired) electrons. The van der Waals surface area contributed by atoms with Gasteiger partial charge in [0.15, 0.2) is 9.84 Å². The molecular formula is C10H11F2NO2S. The SMILES string of the molecule is NC1CCCS(=O)(=O)c2c(F)ccc(F)c21. The van der Waals surface area contributed by atoms with Crippen LogP contribution in [0.2, 0.25) is 0 Å². The number of halogens is 2. The number of nitrogens with two attached hydrogens (primary N) is 1. The van der Waals surface area contributed by atoms with E-state index in [1.54, 1.807) is 0 Å². The second-order valence-corrected chi connectivity index (χ2v) is 5.89. The standard InChI is InChI=1S/C10H11F2NO2S/c11-6-3-4-7(12)10-9(6)8(13)2-1-5-16(10,14)15/h3-4,8H,1-2,5,13H2. The molecule has 0 bridgehead atoms. The van der Waals surface area contributed by atoms with Crippen molar-refractivity contribution in [2.45, 2.75) is 23.8 Å². The van der Waals surface area contributed by atoms with Crippen molar-refractivity contribution >= 4 is 9.84 Å². The lowest BCUT2D eigenvalue weighted by Gasteiger charge is -2.13. The Balaban J connectivity index is 2.82. The summed E-state index contributed by atoms with van der Waals surface area (Å²) in [5.41, 5.74) is 5.46. The van der Waals surface area contributed by atoms with Crippen molar-refractivity contribution in [2.75, 3.05) is 5.75 Å². The van der Waals surface area contributed by atoms with Crippen molar-refractivity contribution in [1.29, 1.82) is 0 Å². The molecule has 0 spiro atoms. The quantitative estimate of drug-likeness (QED) is 0.756. The van der Waals surface area contributed by atoms with Crippen LogP contribution in [0.4, 0.5) is 8.78 Å². The normalized spacial score (nSPS) is 23.6. The van der Waals surface area contributed by atoms with E-state index in [9.17, 15) is 17.2 Å². The highest BCUT2D eigenvalue weighted by Crippen LogP contribution is 2.33. The first-order chi connectivity index (χ1) is 7.43. The summed E-state index contributed by atoms with van der Waals surface area (Å²) in [5.74, 6) is -1.86. The minimum absolute atomic E-state index is 0.186. The lowest BCUT2D eigenvalue weighted by Crippen LogP contribution is -2.15. The van der Waals surface area contributed by atoms with E-state index in [2.05, 4.69) is 0 Å². The Labute approximate surface area is 92.2 Å². The molecule has 0 saturated heterocycles. The summed E-state index contributed by atoms with van der Waals surface area (Å²) in [6.07, 6.45) is 0.656. The number of rotatable bonds is 0. The number of hydrogen-bond acceptors (Lipinski definition) is 3. The molecule has 2 rings (SSSR count). The first-order valence-electron chi connectivity index (χ1n) is 4.90. The molecule has 16 heavy (non-hydrogen) atoms. The average molecular weight is 247 g/mol. The van der Waals surface area contributed by atoms with Crippen molar-refractivity contribution < 1.29 is 17.2 Å². The highest BCUT2D eigenvalue weighted by atomic mass is 32.2. The van der Waals surface area contributed by atoms with E-state index < -0.39 is 32.4 Å². The monoisotopic (exact) mass is 247 g/mol. The van der Waals surface area contributed by atoms with E-state index in [1.165, 1.54) is 0 Å². The molecule has 1 heterocycles. The van der Waals surface area contributed by atoms with Crippen LogP contribution in [0.15, 0.2) is 17.0 Å². The van der Waals surface area contributed by atoms with Gasteiger partial charge in [-0.05, 0) is 25.0 Å². The Morgan fingerprint density at radius 2 is 1.88 bits per heavy atom. The van der Waals surface area contributed by atoms with Gasteiger partial charge in [-0.15, -0.1) is 0 Å². The molecule has 6 heteroatoms. The van der Waals surface area contributed by atoms with Gasteiger partial charge in [0, 0.05) is 11.6 Å². The number of hydrogen-bond donors (Lipinski definition) is 1. The molecule has 0 saturated carbocycles. The Hall–Kier alpha value is -1.01. The molecule has 1 atom stereocenters. The van der Waals surface area contributed by atoms with Crippen molar-refractivity contribution in [3.05, 3.63) is 29.3 Å². The van der Waals surface area contributed by atoms with Crippen molar-refractivity contribution in [3.63, 3.8) is 0 Å². The van der Waals surface area contributed by atoms with Gasteiger partial charge in [0.05, 0.1) is 5.75 Å². The van der Waals surface area contributed by atoms with Crippen LogP contribution in [-0.2, 0) is 9.84 Å². The first-order valence-corrected chi connectivity index (χ1v) is 6.55. The summed E-state index contributed by atoms with van der Waals surface area (Å²) < 4.78 is 50.5. The highest BCUT2D eigenvalue weighted by molar-refractivity contribution is 7.91. The predicted molar refractivity (Wildman–Crippen MR) is 54.6 cm³/mol. The van der Waals surface area contributed by atoms with Crippen LogP contribution in [0, 0.1) is 11.6 Å². The lowest BCUT2D eigenvalue weighted by molar-refractivity contribution is 0.523. The predicted octanol–water partition coefficient (Wildman–Crippen LogP) is 1.53. The summed E-state index contributed by atoms with van der Waals surface area (Å²) >= 11 is 0. The Morgan fingerprint density at radius 3 is 2.56 bits per heavy atom. The van der Waals surface area contributed by atoms with Crippen molar-refractivity contribution in [1.82, 2.24) is 0 Å². The highest BCUT2D eigenvalue weighted by Gasteiger charge is 2.31. The van der Waals surface area contributed by atoms with Crippen LogP contribution in [-0.4, -0.2) is 14.2 Å². The molecule has 2 N–H and O–H groups in total. The number of sulfone groups is 1. The lowest BCUT2D eigenvalue weighted by atomic mass is 10.0. The van der Waals surface area contributed by atoms with Crippen LogP contribution in [0.25, 0.3) is 0 Å². The molecule has 0 aromatic heterocycles. The smallest absolute Gasteiger partial charge is 0.181 e. The fourth-order valence-electron chi connectivity index (χ4n) is 1.95. The van der Waals surface area contributed by atoms with Crippen LogP contribution in [0.3, 0.4) is 0 Å². The van der Waals surface area contributed by atoms with E-state index in [0.717, 1.165) is 12.1 Å². The zero-order valence-electron chi connectivity index (χ0n) is 8.41. The van der Waals surface area contributed by atoms with Crippen molar-refractivity contribution in [2.24, 2.45) is 5.73 Å². The van der Waals surface area contributed by atoms with Gasteiger partial charge >= 0.3 is 0 Å². The summed E-state index contributed by atoms with van der Waals surface area (Å²) in [6, 6.07) is 0.974. The minimum atomic E-state index is -3.76. The Bertz CT molecular complexity index is 528. The van der Waals surface area contributed by atoms with Gasteiger partial charge < -0.3 is 5.73 Å². The molecule has 0 fully saturated rings. The van der Waals surface area contributed by atoms with E-state index in [0.29, 0.717) is 12.8 Å². The van der Waals surface area contributed by atoms with Gasteiger partial charge in [0.2, 0.25) is 0 Å². The first kappa shape index (κ1) is 11.5. The van der Waals surface area contributed by atoms with Gasteiger partial charge in [-0.1, -0.05) is 0 Å². The largest absolute Gasteiger partial charge is 0.324 e. The zero-order chi connectivity index (χ0) is 11.9. The molecule has 0 amide bonds. The molecular weight excluding hydrogens is 236 g/mol. The Morgan fingerprint density at radius 1 is 1.25 bits per heavy atom. The maximum atomic E-state index is 13.5. The summed E-state index contributed by atoms with van der Waals surface area (Å²) in [5, 5.41) is 0. The average Bonchev–Trinajstić information content (AvgIpc) is 2.30. The Kier molecular flexibility index (Phi) is 2.71. The zero-order valence-corrected chi connectivity index (χ0v) is 9.23. The maximum absolute atomic E-state index is 13.5. The van der Waals surface area contributed by atoms with E-state index >= 15 is 0 Å². The van der Waals surface area contributed by atoms with E-state index in [1.807, 2.05) is 0 Å². The topological polar surface area (TPSA) is 60.2 Å². The molecule has 3 nitrogen and oxygen atoms in total. The third-order valence-electron chi connectivity index (χ3n) is 2.70. The van der Waals surface area contributed by atoms with Gasteiger partial charge in [-0.2, -0.15) is 0 Å². The van der Waals surface area contributed by atoms with E-state index in [4.69, 9.17) is 5.73 Å². The molecule has 1 aromatic carbocycles. The molecule has 1 aromatic rings. The summed E-state index contributed by atoms with van der Waals surface area (Å²) in [7, 11) is -3.76. The summed E-state index contributed by atoms with van der Waals surface area (Å²) in [6.45, 7) is 0. The second-order valence-electron chi connectivity index (χ2n) is 3.84. The second kappa shape index (κ2) is 3.78. The van der Waals surface area contributed by atoms with Crippen molar-refractivity contribution in [3.8, 4) is 0 Å². The van der Waals surface area contributed by atoms with Crippen LogP contribution < -0.4 is 5.73 Å². The number of benzene rings is 1. The molecule has 0 aliphatic carbocycles. The molecule has 1 aliphatic rings.